The number of carbonyl (C=O) groups is 3. The third kappa shape index (κ3) is 11.7. The van der Waals surface area contributed by atoms with Crippen molar-refractivity contribution in [2.24, 2.45) is 0 Å². The topological polar surface area (TPSA) is 100 Å². The molecule has 1 aliphatic heterocycles. The largest absolute Gasteiger partial charge is 0.365 e. The zero-order chi connectivity index (χ0) is 29.3. The van der Waals surface area contributed by atoms with Crippen LogP contribution in [0, 0.1) is 0 Å². The number of nitrogens with zero attached hydrogens (tertiary/aromatic N) is 2. The first kappa shape index (κ1) is 35.3. The fourth-order valence-corrected chi connectivity index (χ4v) is 5.57. The maximum Gasteiger partial charge on any atom is 0.261 e. The number of ether oxygens (including phenoxy) is 1. The minimum atomic E-state index is -1.32. The van der Waals surface area contributed by atoms with Gasteiger partial charge in [0.25, 0.3) is 17.7 Å². The SMILES string of the molecule is CCCC1(CC(C)(C)N(CC)OC(C(=O)NCC)C(=O)NCC)OCCCCCCCCCCCN(C)C1=O. The van der Waals surface area contributed by atoms with Gasteiger partial charge in [0.2, 0.25) is 6.10 Å². The van der Waals surface area contributed by atoms with E-state index in [4.69, 9.17) is 9.57 Å². The Morgan fingerprint density at radius 3 is 1.95 bits per heavy atom. The molecule has 9 nitrogen and oxygen atoms in total. The van der Waals surface area contributed by atoms with Crippen LogP contribution in [0.5, 0.6) is 0 Å². The smallest absolute Gasteiger partial charge is 0.261 e. The zero-order valence-corrected chi connectivity index (χ0v) is 26.0. The van der Waals surface area contributed by atoms with Crippen molar-refractivity contribution in [3.63, 3.8) is 0 Å². The summed E-state index contributed by atoms with van der Waals surface area (Å²) in [5.74, 6) is -0.962. The number of carbonyl (C=O) groups excluding carboxylic acids is 3. The maximum atomic E-state index is 14.1. The van der Waals surface area contributed by atoms with Crippen LogP contribution in [0.15, 0.2) is 0 Å². The molecular formula is C30H58N4O5. The van der Waals surface area contributed by atoms with Crippen LogP contribution in [-0.4, -0.2) is 84.8 Å². The van der Waals surface area contributed by atoms with Gasteiger partial charge in [0, 0.05) is 51.8 Å². The van der Waals surface area contributed by atoms with Gasteiger partial charge in [-0.05, 0) is 47.0 Å². The molecule has 0 aromatic carbocycles. The summed E-state index contributed by atoms with van der Waals surface area (Å²) in [6, 6.07) is 0. The predicted octanol–water partition coefficient (Wildman–Crippen LogP) is 4.59. The van der Waals surface area contributed by atoms with E-state index < -0.39 is 29.1 Å². The third-order valence-corrected chi connectivity index (χ3v) is 7.50. The molecule has 1 aliphatic rings. The highest BCUT2D eigenvalue weighted by atomic mass is 16.7. The van der Waals surface area contributed by atoms with Gasteiger partial charge in [-0.25, -0.2) is 0 Å². The minimum Gasteiger partial charge on any atom is -0.365 e. The van der Waals surface area contributed by atoms with Crippen molar-refractivity contribution in [2.75, 3.05) is 39.8 Å². The molecular weight excluding hydrogens is 496 g/mol. The molecule has 39 heavy (non-hydrogen) atoms. The van der Waals surface area contributed by atoms with Crippen LogP contribution in [0.3, 0.4) is 0 Å². The molecule has 1 fully saturated rings. The van der Waals surface area contributed by atoms with Crippen LogP contribution in [0.2, 0.25) is 0 Å². The van der Waals surface area contributed by atoms with E-state index in [1.807, 2.05) is 32.7 Å². The van der Waals surface area contributed by atoms with Gasteiger partial charge in [0.1, 0.15) is 5.60 Å². The van der Waals surface area contributed by atoms with Crippen LogP contribution in [0.1, 0.15) is 119 Å². The van der Waals surface area contributed by atoms with Crippen molar-refractivity contribution in [3.8, 4) is 0 Å². The highest BCUT2D eigenvalue weighted by Gasteiger charge is 2.47. The van der Waals surface area contributed by atoms with Crippen molar-refractivity contribution >= 4 is 17.7 Å². The third-order valence-electron chi connectivity index (χ3n) is 7.50. The summed E-state index contributed by atoms with van der Waals surface area (Å²) in [5, 5.41) is 7.08. The second-order valence-electron chi connectivity index (χ2n) is 11.5. The van der Waals surface area contributed by atoms with Crippen LogP contribution in [-0.2, 0) is 24.0 Å². The molecule has 9 heteroatoms. The molecule has 1 rings (SSSR count). The summed E-state index contributed by atoms with van der Waals surface area (Å²) in [6.45, 7) is 14.0. The Morgan fingerprint density at radius 1 is 0.949 bits per heavy atom. The van der Waals surface area contributed by atoms with E-state index in [9.17, 15) is 14.4 Å². The first-order valence-corrected chi connectivity index (χ1v) is 15.5. The van der Waals surface area contributed by atoms with Crippen molar-refractivity contribution in [3.05, 3.63) is 0 Å². The Kier molecular flexibility index (Phi) is 16.8. The van der Waals surface area contributed by atoms with Gasteiger partial charge < -0.3 is 20.3 Å². The molecule has 0 saturated carbocycles. The molecule has 0 radical (unpaired) electrons. The standard InChI is InChI=1S/C30H58N4O5/c1-8-21-30(28(37)33(7)22-19-17-15-13-12-14-16-18-20-23-38-30)24-29(5,6)34(11-4)39-25(26(35)31-9-2)27(36)32-10-3/h25H,8-24H2,1-7H3,(H,31,35)(H,32,36). The van der Waals surface area contributed by atoms with E-state index in [1.165, 1.54) is 32.1 Å². The van der Waals surface area contributed by atoms with Gasteiger partial charge in [-0.1, -0.05) is 65.2 Å². The molecule has 0 spiro atoms. The quantitative estimate of drug-likeness (QED) is 0.270. The van der Waals surface area contributed by atoms with Crippen molar-refractivity contribution in [1.82, 2.24) is 20.6 Å². The van der Waals surface area contributed by atoms with E-state index >= 15 is 0 Å². The number of hydroxylamine groups is 2. The Morgan fingerprint density at radius 2 is 1.46 bits per heavy atom. The van der Waals surface area contributed by atoms with Gasteiger partial charge in [-0.15, -0.1) is 0 Å². The number of likely N-dealkylation sites (N-methyl/N-ethyl adjacent to an activating group) is 3. The van der Waals surface area contributed by atoms with Crippen LogP contribution >= 0.6 is 0 Å². The Hall–Kier alpha value is -1.71. The molecule has 1 saturated heterocycles. The number of amides is 3. The first-order valence-electron chi connectivity index (χ1n) is 15.5. The molecule has 228 valence electrons. The van der Waals surface area contributed by atoms with Gasteiger partial charge in [0.05, 0.1) is 0 Å². The lowest BCUT2D eigenvalue weighted by molar-refractivity contribution is -0.248. The summed E-state index contributed by atoms with van der Waals surface area (Å²) in [6.07, 6.45) is 10.8. The van der Waals surface area contributed by atoms with Crippen LogP contribution in [0.25, 0.3) is 0 Å². The second-order valence-corrected chi connectivity index (χ2v) is 11.5. The van der Waals surface area contributed by atoms with E-state index in [0.717, 1.165) is 32.1 Å². The Balaban J connectivity index is 3.29. The van der Waals surface area contributed by atoms with Gasteiger partial charge >= 0.3 is 0 Å². The average Bonchev–Trinajstić information content (AvgIpc) is 2.89. The lowest BCUT2D eigenvalue weighted by Crippen LogP contribution is -2.59. The van der Waals surface area contributed by atoms with Crippen molar-refractivity contribution < 1.29 is 24.0 Å². The summed E-state index contributed by atoms with van der Waals surface area (Å²) in [4.78, 5) is 47.6. The van der Waals surface area contributed by atoms with E-state index in [2.05, 4.69) is 17.6 Å². The van der Waals surface area contributed by atoms with Gasteiger partial charge in [-0.3, -0.25) is 19.2 Å². The first-order chi connectivity index (χ1) is 18.6. The summed E-state index contributed by atoms with van der Waals surface area (Å²) < 4.78 is 6.60. The fourth-order valence-electron chi connectivity index (χ4n) is 5.57. The predicted molar refractivity (Wildman–Crippen MR) is 156 cm³/mol. The fraction of sp³-hybridized carbons (Fsp3) is 0.900. The Labute approximate surface area is 238 Å². The lowest BCUT2D eigenvalue weighted by atomic mass is 9.82. The molecule has 1 atom stereocenters. The number of nitrogens with one attached hydrogen (secondary N) is 2. The van der Waals surface area contributed by atoms with Gasteiger partial charge in [-0.2, -0.15) is 5.06 Å². The monoisotopic (exact) mass is 554 g/mol. The lowest BCUT2D eigenvalue weighted by Gasteiger charge is -2.45. The van der Waals surface area contributed by atoms with Crippen LogP contribution < -0.4 is 10.6 Å². The van der Waals surface area contributed by atoms with Crippen molar-refractivity contribution in [2.45, 2.75) is 136 Å². The Bertz CT molecular complexity index is 714. The van der Waals surface area contributed by atoms with E-state index in [0.29, 0.717) is 45.6 Å². The highest BCUT2D eigenvalue weighted by Crippen LogP contribution is 2.35. The molecule has 2 N–H and O–H groups in total. The number of hydrogen-bond donors (Lipinski definition) is 2. The normalized spacial score (nSPS) is 20.9. The second kappa shape index (κ2) is 18.6. The number of hydrogen-bond acceptors (Lipinski definition) is 6. The summed E-state index contributed by atoms with van der Waals surface area (Å²) in [7, 11) is 1.88. The van der Waals surface area contributed by atoms with Crippen LogP contribution in [0.4, 0.5) is 0 Å². The summed E-state index contributed by atoms with van der Waals surface area (Å²) in [5.41, 5.74) is -1.72. The zero-order valence-electron chi connectivity index (χ0n) is 26.0. The maximum absolute atomic E-state index is 14.1. The molecule has 1 heterocycles. The molecule has 0 bridgehead atoms. The van der Waals surface area contributed by atoms with Gasteiger partial charge in [0.15, 0.2) is 0 Å². The minimum absolute atomic E-state index is 0.00681. The van der Waals surface area contributed by atoms with E-state index in [1.54, 1.807) is 18.9 Å². The molecule has 3 amide bonds. The molecule has 0 aromatic rings. The molecule has 1 unspecified atom stereocenters. The van der Waals surface area contributed by atoms with E-state index in [-0.39, 0.29) is 5.91 Å². The number of rotatable bonds is 12. The molecule has 0 aliphatic carbocycles. The average molecular weight is 555 g/mol. The summed E-state index contributed by atoms with van der Waals surface area (Å²) >= 11 is 0. The molecule has 0 aromatic heterocycles. The van der Waals surface area contributed by atoms with Crippen molar-refractivity contribution in [1.29, 1.82) is 0 Å². The highest BCUT2D eigenvalue weighted by molar-refractivity contribution is 6.03.